The lowest BCUT2D eigenvalue weighted by molar-refractivity contribution is 0.0925. The highest BCUT2D eigenvalue weighted by Gasteiger charge is 2.19. The van der Waals surface area contributed by atoms with E-state index in [1.54, 1.807) is 0 Å². The van der Waals surface area contributed by atoms with E-state index in [1.807, 2.05) is 12.1 Å². The zero-order chi connectivity index (χ0) is 13.2. The minimum Gasteiger partial charge on any atom is -0.292 e. The van der Waals surface area contributed by atoms with Crippen molar-refractivity contribution in [3.05, 3.63) is 56.2 Å². The molecular weight excluding hydrogens is 322 g/mol. The summed E-state index contributed by atoms with van der Waals surface area (Å²) < 4.78 is 1.01. The maximum absolute atomic E-state index is 12.2. The second-order valence-electron chi connectivity index (χ2n) is 4.76. The van der Waals surface area contributed by atoms with Crippen molar-refractivity contribution in [1.29, 1.82) is 0 Å². The topological polar surface area (TPSA) is 20.3 Å². The fraction of sp³-hybridized carbons (Fsp3) is 0.267. The van der Waals surface area contributed by atoms with Crippen LogP contribution in [0.4, 0.5) is 0 Å². The van der Waals surface area contributed by atoms with Crippen LogP contribution in [0.5, 0.6) is 0 Å². The Balaban J connectivity index is 1.68. The van der Waals surface area contributed by atoms with Crippen molar-refractivity contribution in [2.24, 2.45) is 0 Å². The number of benzene rings is 1. The van der Waals surface area contributed by atoms with Crippen LogP contribution < -0.4 is 0 Å². The number of fused-ring (bicyclic) bond motifs is 1. The number of carbonyl (C=O) groups excluding carboxylic acids is 1. The summed E-state index contributed by atoms with van der Waals surface area (Å²) >= 11 is 4.91. The molecule has 0 fully saturated rings. The van der Waals surface area contributed by atoms with Crippen LogP contribution in [0.3, 0.4) is 0 Å². The zero-order valence-electron chi connectivity index (χ0n) is 10.4. The van der Waals surface area contributed by atoms with Crippen LogP contribution in [0.2, 0.25) is 0 Å². The van der Waals surface area contributed by atoms with Crippen molar-refractivity contribution in [1.82, 2.24) is 4.90 Å². The summed E-state index contributed by atoms with van der Waals surface area (Å²) in [5.41, 5.74) is 2.78. The molecule has 98 valence electrons. The Hall–Kier alpha value is -0.970. The van der Waals surface area contributed by atoms with Crippen molar-refractivity contribution < 1.29 is 4.79 Å². The molecule has 1 aliphatic rings. The van der Waals surface area contributed by atoms with Crippen LogP contribution in [0.15, 0.2) is 40.2 Å². The fourth-order valence-corrected chi connectivity index (χ4v) is 3.75. The van der Waals surface area contributed by atoms with Gasteiger partial charge < -0.3 is 0 Å². The van der Waals surface area contributed by atoms with Crippen LogP contribution in [-0.2, 0) is 13.0 Å². The Bertz CT molecular complexity index is 608. The lowest BCUT2D eigenvalue weighted by Gasteiger charge is -2.27. The summed E-state index contributed by atoms with van der Waals surface area (Å²) in [6.45, 7) is 2.37. The van der Waals surface area contributed by atoms with E-state index in [4.69, 9.17) is 0 Å². The number of rotatable bonds is 3. The molecule has 0 radical (unpaired) electrons. The molecule has 19 heavy (non-hydrogen) atoms. The molecule has 0 saturated heterocycles. The van der Waals surface area contributed by atoms with Gasteiger partial charge in [-0.2, -0.15) is 0 Å². The largest absolute Gasteiger partial charge is 0.292 e. The normalized spacial score (nSPS) is 15.2. The van der Waals surface area contributed by atoms with Crippen molar-refractivity contribution in [3.8, 4) is 0 Å². The van der Waals surface area contributed by atoms with Gasteiger partial charge in [-0.25, -0.2) is 0 Å². The summed E-state index contributed by atoms with van der Waals surface area (Å²) in [5.74, 6) is 0.218. The molecule has 2 heterocycles. The van der Waals surface area contributed by atoms with Crippen LogP contribution in [0, 0.1) is 0 Å². The molecule has 0 unspecified atom stereocenters. The quantitative estimate of drug-likeness (QED) is 0.796. The first-order valence-corrected chi connectivity index (χ1v) is 7.91. The molecule has 0 saturated carbocycles. The third kappa shape index (κ3) is 2.96. The minimum atomic E-state index is 0.218. The van der Waals surface area contributed by atoms with Crippen molar-refractivity contribution >= 4 is 33.0 Å². The van der Waals surface area contributed by atoms with E-state index in [0.717, 1.165) is 28.2 Å². The van der Waals surface area contributed by atoms with Gasteiger partial charge in [-0.05, 0) is 45.6 Å². The van der Waals surface area contributed by atoms with Gasteiger partial charge in [-0.3, -0.25) is 9.69 Å². The first-order chi connectivity index (χ1) is 9.22. The number of nitrogens with zero attached hydrogens (tertiary/aromatic N) is 1. The van der Waals surface area contributed by atoms with Crippen molar-refractivity contribution in [2.45, 2.75) is 13.0 Å². The Morgan fingerprint density at radius 1 is 1.21 bits per heavy atom. The Morgan fingerprint density at radius 3 is 2.74 bits per heavy atom. The molecular formula is C15H14BrNOS. The van der Waals surface area contributed by atoms with E-state index in [1.165, 1.54) is 22.5 Å². The summed E-state index contributed by atoms with van der Waals surface area (Å²) in [6.07, 6.45) is 1.04. The number of thiophene rings is 1. The highest BCUT2D eigenvalue weighted by atomic mass is 79.9. The number of hydrogen-bond acceptors (Lipinski definition) is 3. The van der Waals surface area contributed by atoms with Gasteiger partial charge in [-0.15, -0.1) is 11.3 Å². The molecule has 2 aromatic rings. The first-order valence-electron chi connectivity index (χ1n) is 6.30. The van der Waals surface area contributed by atoms with Gasteiger partial charge in [0.1, 0.15) is 0 Å². The predicted molar refractivity (Wildman–Crippen MR) is 81.8 cm³/mol. The van der Waals surface area contributed by atoms with Crippen LogP contribution >= 0.6 is 27.3 Å². The highest BCUT2D eigenvalue weighted by Crippen LogP contribution is 2.24. The summed E-state index contributed by atoms with van der Waals surface area (Å²) in [5, 5.41) is 0. The van der Waals surface area contributed by atoms with E-state index in [-0.39, 0.29) is 5.78 Å². The maximum Gasteiger partial charge on any atom is 0.186 e. The van der Waals surface area contributed by atoms with Gasteiger partial charge >= 0.3 is 0 Å². The molecule has 3 rings (SSSR count). The van der Waals surface area contributed by atoms with E-state index < -0.39 is 0 Å². The Morgan fingerprint density at radius 2 is 2.00 bits per heavy atom. The van der Waals surface area contributed by atoms with E-state index in [0.29, 0.717) is 6.54 Å². The molecule has 1 aromatic heterocycles. The third-order valence-electron chi connectivity index (χ3n) is 3.42. The average Bonchev–Trinajstić information content (AvgIpc) is 2.85. The van der Waals surface area contributed by atoms with E-state index in [2.05, 4.69) is 45.1 Å². The molecule has 1 aromatic carbocycles. The molecule has 0 N–H and O–H groups in total. The van der Waals surface area contributed by atoms with E-state index in [9.17, 15) is 4.79 Å². The molecule has 0 aliphatic carbocycles. The molecule has 0 atom stereocenters. The fourth-order valence-electron chi connectivity index (χ4n) is 2.43. The number of halogens is 1. The van der Waals surface area contributed by atoms with Crippen LogP contribution in [0.1, 0.15) is 20.8 Å². The summed E-state index contributed by atoms with van der Waals surface area (Å²) in [7, 11) is 0. The van der Waals surface area contributed by atoms with Gasteiger partial charge in [0.15, 0.2) is 5.78 Å². The molecule has 1 aliphatic heterocycles. The second kappa shape index (κ2) is 5.57. The zero-order valence-corrected chi connectivity index (χ0v) is 12.8. The maximum atomic E-state index is 12.2. The number of hydrogen-bond donors (Lipinski definition) is 0. The highest BCUT2D eigenvalue weighted by molar-refractivity contribution is 9.11. The van der Waals surface area contributed by atoms with Gasteiger partial charge in [0.25, 0.3) is 0 Å². The van der Waals surface area contributed by atoms with Gasteiger partial charge in [0.2, 0.25) is 0 Å². The smallest absolute Gasteiger partial charge is 0.186 e. The SMILES string of the molecule is O=C(CN1CCc2ccccc2C1)c1ccc(Br)s1. The molecule has 0 bridgehead atoms. The first kappa shape index (κ1) is 13.0. The second-order valence-corrected chi connectivity index (χ2v) is 7.22. The average molecular weight is 336 g/mol. The lowest BCUT2D eigenvalue weighted by Crippen LogP contribution is -2.34. The summed E-state index contributed by atoms with van der Waals surface area (Å²) in [6, 6.07) is 12.3. The molecule has 2 nitrogen and oxygen atoms in total. The van der Waals surface area contributed by atoms with Crippen LogP contribution in [-0.4, -0.2) is 23.8 Å². The van der Waals surface area contributed by atoms with Crippen LogP contribution in [0.25, 0.3) is 0 Å². The Kier molecular flexibility index (Phi) is 3.82. The summed E-state index contributed by atoms with van der Waals surface area (Å²) in [4.78, 5) is 15.3. The van der Waals surface area contributed by atoms with Gasteiger partial charge in [-0.1, -0.05) is 24.3 Å². The monoisotopic (exact) mass is 335 g/mol. The Labute approximate surface area is 125 Å². The minimum absolute atomic E-state index is 0.218. The standard InChI is InChI=1S/C15H14BrNOS/c16-15-6-5-14(19-15)13(18)10-17-8-7-11-3-1-2-4-12(11)9-17/h1-6H,7-10H2. The van der Waals surface area contributed by atoms with Crippen molar-refractivity contribution in [2.75, 3.05) is 13.1 Å². The molecule has 0 amide bonds. The van der Waals surface area contributed by atoms with Gasteiger partial charge in [0, 0.05) is 13.1 Å². The number of carbonyl (C=O) groups is 1. The predicted octanol–water partition coefficient (Wildman–Crippen LogP) is 3.75. The molecule has 0 spiro atoms. The van der Waals surface area contributed by atoms with Crippen molar-refractivity contribution in [3.63, 3.8) is 0 Å². The lowest BCUT2D eigenvalue weighted by atomic mass is 10.00. The molecule has 4 heteroatoms. The third-order valence-corrected chi connectivity index (χ3v) is 5.09. The van der Waals surface area contributed by atoms with Gasteiger partial charge in [0.05, 0.1) is 15.2 Å². The van der Waals surface area contributed by atoms with E-state index >= 15 is 0 Å². The number of ketones is 1. The number of Topliss-reactive ketones (excluding diaryl/α,β-unsaturated/α-hetero) is 1.